The number of hydrogen-bond acceptors (Lipinski definition) is 4. The van der Waals surface area contributed by atoms with E-state index < -0.39 is 10.0 Å². The molecule has 0 aromatic carbocycles. The quantitative estimate of drug-likeness (QED) is 0.768. The zero-order valence-electron chi connectivity index (χ0n) is 12.1. The van der Waals surface area contributed by atoms with Gasteiger partial charge in [-0.15, -0.1) is 0 Å². The van der Waals surface area contributed by atoms with Crippen molar-refractivity contribution in [2.75, 3.05) is 6.54 Å². The average Bonchev–Trinajstić information content (AvgIpc) is 2.83. The summed E-state index contributed by atoms with van der Waals surface area (Å²) in [5.41, 5.74) is 0. The van der Waals surface area contributed by atoms with Crippen LogP contribution in [0.2, 0.25) is 0 Å². The molecule has 110 valence electrons. The van der Waals surface area contributed by atoms with Gasteiger partial charge in [0.15, 0.2) is 0 Å². The Labute approximate surface area is 115 Å². The summed E-state index contributed by atoms with van der Waals surface area (Å²) in [5, 5.41) is 3.16. The Morgan fingerprint density at radius 3 is 2.53 bits per heavy atom. The minimum absolute atomic E-state index is 0.0173. The third kappa shape index (κ3) is 5.34. The smallest absolute Gasteiger partial charge is 0.273 e. The van der Waals surface area contributed by atoms with Gasteiger partial charge in [-0.2, -0.15) is 0 Å². The first kappa shape index (κ1) is 16.2. The normalized spacial score (nSPS) is 13.9. The number of rotatable bonds is 8. The zero-order valence-corrected chi connectivity index (χ0v) is 12.9. The van der Waals surface area contributed by atoms with E-state index in [1.807, 2.05) is 27.7 Å². The summed E-state index contributed by atoms with van der Waals surface area (Å²) in [6.45, 7) is 9.03. The third-order valence-electron chi connectivity index (χ3n) is 2.91. The van der Waals surface area contributed by atoms with Crippen molar-refractivity contribution < 1.29 is 12.8 Å². The third-order valence-corrected chi connectivity index (χ3v) is 4.20. The molecule has 2 N–H and O–H groups in total. The molecule has 0 bridgehead atoms. The molecule has 0 amide bonds. The zero-order chi connectivity index (χ0) is 14.5. The van der Waals surface area contributed by atoms with Gasteiger partial charge in [-0.25, -0.2) is 13.1 Å². The van der Waals surface area contributed by atoms with Crippen LogP contribution in [-0.2, 0) is 16.6 Å². The van der Waals surface area contributed by atoms with Crippen LogP contribution in [0.4, 0.5) is 0 Å². The van der Waals surface area contributed by atoms with E-state index in [1.165, 1.54) is 6.07 Å². The van der Waals surface area contributed by atoms with E-state index in [9.17, 15) is 8.42 Å². The van der Waals surface area contributed by atoms with E-state index in [-0.39, 0.29) is 5.09 Å². The fraction of sp³-hybridized carbons (Fsp3) is 0.692. The summed E-state index contributed by atoms with van der Waals surface area (Å²) in [7, 11) is -3.53. The number of sulfonamides is 1. The molecule has 0 saturated heterocycles. The van der Waals surface area contributed by atoms with Gasteiger partial charge in [0.05, 0.1) is 6.54 Å². The number of hydrogen-bond donors (Lipinski definition) is 2. The number of furan rings is 1. The predicted octanol–water partition coefficient (Wildman–Crippen LogP) is 2.10. The summed E-state index contributed by atoms with van der Waals surface area (Å²) in [6, 6.07) is 3.51. The molecule has 1 atom stereocenters. The predicted molar refractivity (Wildman–Crippen MR) is 75.3 cm³/mol. The molecular formula is C13H24N2O3S. The second-order valence-corrected chi connectivity index (χ2v) is 6.82. The lowest BCUT2D eigenvalue weighted by Gasteiger charge is -2.09. The molecular weight excluding hydrogens is 264 g/mol. The van der Waals surface area contributed by atoms with Gasteiger partial charge in [0.25, 0.3) is 10.0 Å². The molecule has 6 heteroatoms. The molecule has 0 radical (unpaired) electrons. The lowest BCUT2D eigenvalue weighted by molar-refractivity contribution is 0.392. The van der Waals surface area contributed by atoms with Gasteiger partial charge >= 0.3 is 0 Å². The minimum atomic E-state index is -3.53. The lowest BCUT2D eigenvalue weighted by Crippen LogP contribution is -2.28. The first-order valence-electron chi connectivity index (χ1n) is 6.67. The largest absolute Gasteiger partial charge is 0.447 e. The second-order valence-electron chi connectivity index (χ2n) is 5.12. The van der Waals surface area contributed by atoms with Crippen molar-refractivity contribution in [2.45, 2.75) is 51.8 Å². The van der Waals surface area contributed by atoms with E-state index in [0.717, 1.165) is 6.42 Å². The Morgan fingerprint density at radius 1 is 1.26 bits per heavy atom. The molecule has 0 aliphatic rings. The minimum Gasteiger partial charge on any atom is -0.447 e. The second kappa shape index (κ2) is 7.07. The van der Waals surface area contributed by atoms with Gasteiger partial charge in [0.1, 0.15) is 5.76 Å². The number of nitrogens with one attached hydrogen (secondary N) is 2. The van der Waals surface area contributed by atoms with Crippen LogP contribution in [-0.4, -0.2) is 21.0 Å². The Bertz CT molecular complexity index is 480. The van der Waals surface area contributed by atoms with Crippen LogP contribution in [0, 0.1) is 5.92 Å². The van der Waals surface area contributed by atoms with Gasteiger partial charge < -0.3 is 9.73 Å². The van der Waals surface area contributed by atoms with Crippen LogP contribution in [0.25, 0.3) is 0 Å². The maximum Gasteiger partial charge on any atom is 0.273 e. The maximum absolute atomic E-state index is 12.0. The lowest BCUT2D eigenvalue weighted by atomic mass is 10.1. The highest BCUT2D eigenvalue weighted by atomic mass is 32.2. The molecule has 0 aliphatic heterocycles. The Hall–Kier alpha value is -0.850. The molecule has 1 aromatic rings. The monoisotopic (exact) mass is 288 g/mol. The van der Waals surface area contributed by atoms with E-state index in [1.54, 1.807) is 6.07 Å². The Kier molecular flexibility index (Phi) is 6.03. The summed E-state index contributed by atoms with van der Waals surface area (Å²) in [6.07, 6.45) is 0.935. The van der Waals surface area contributed by atoms with Gasteiger partial charge in [-0.3, -0.25) is 0 Å². The summed E-state index contributed by atoms with van der Waals surface area (Å²) < 4.78 is 31.9. The molecule has 0 saturated carbocycles. The van der Waals surface area contributed by atoms with Crippen LogP contribution >= 0.6 is 0 Å². The first-order chi connectivity index (χ1) is 8.85. The van der Waals surface area contributed by atoms with Crippen LogP contribution in [0.1, 0.15) is 39.9 Å². The summed E-state index contributed by atoms with van der Waals surface area (Å²) in [4.78, 5) is 0. The van der Waals surface area contributed by atoms with Crippen molar-refractivity contribution in [3.63, 3.8) is 0 Å². The molecule has 1 aromatic heterocycles. The van der Waals surface area contributed by atoms with Crippen molar-refractivity contribution >= 4 is 10.0 Å². The average molecular weight is 288 g/mol. The van der Waals surface area contributed by atoms with Gasteiger partial charge in [-0.05, 0) is 18.1 Å². The molecule has 1 unspecified atom stereocenters. The van der Waals surface area contributed by atoms with Crippen molar-refractivity contribution in [1.29, 1.82) is 0 Å². The summed E-state index contributed by atoms with van der Waals surface area (Å²) >= 11 is 0. The maximum atomic E-state index is 12.0. The van der Waals surface area contributed by atoms with E-state index in [4.69, 9.17) is 4.42 Å². The van der Waals surface area contributed by atoms with E-state index in [0.29, 0.717) is 30.8 Å². The van der Waals surface area contributed by atoms with E-state index in [2.05, 4.69) is 10.0 Å². The molecule has 0 aliphatic carbocycles. The Morgan fingerprint density at radius 2 is 1.95 bits per heavy atom. The van der Waals surface area contributed by atoms with E-state index >= 15 is 0 Å². The van der Waals surface area contributed by atoms with Crippen LogP contribution in [0.5, 0.6) is 0 Å². The molecule has 1 rings (SSSR count). The van der Waals surface area contributed by atoms with Gasteiger partial charge in [-0.1, -0.05) is 34.1 Å². The molecule has 19 heavy (non-hydrogen) atoms. The molecule has 5 nitrogen and oxygen atoms in total. The van der Waals surface area contributed by atoms with Crippen LogP contribution < -0.4 is 10.0 Å². The highest BCUT2D eigenvalue weighted by molar-refractivity contribution is 7.89. The SMILES string of the molecule is CCC(C)CNS(=O)(=O)c1ccc(CNC(C)C)o1. The van der Waals surface area contributed by atoms with Crippen molar-refractivity contribution in [3.05, 3.63) is 17.9 Å². The Balaban J connectivity index is 2.63. The molecule has 1 heterocycles. The fourth-order valence-electron chi connectivity index (χ4n) is 1.37. The molecule has 0 fully saturated rings. The standard InChI is InChI=1S/C13H24N2O3S/c1-5-11(4)8-15-19(16,17)13-7-6-12(18-13)9-14-10(2)3/h6-7,10-11,14-15H,5,8-9H2,1-4H3. The highest BCUT2D eigenvalue weighted by Gasteiger charge is 2.19. The molecule has 0 spiro atoms. The summed E-state index contributed by atoms with van der Waals surface area (Å²) in [5.74, 6) is 0.935. The highest BCUT2D eigenvalue weighted by Crippen LogP contribution is 2.14. The van der Waals surface area contributed by atoms with Crippen molar-refractivity contribution in [3.8, 4) is 0 Å². The fourth-order valence-corrected chi connectivity index (χ4v) is 2.48. The van der Waals surface area contributed by atoms with Crippen LogP contribution in [0.15, 0.2) is 21.6 Å². The van der Waals surface area contributed by atoms with Gasteiger partial charge in [0, 0.05) is 12.6 Å². The van der Waals surface area contributed by atoms with Crippen molar-refractivity contribution in [1.82, 2.24) is 10.0 Å². The topological polar surface area (TPSA) is 71.3 Å². The van der Waals surface area contributed by atoms with Crippen molar-refractivity contribution in [2.24, 2.45) is 5.92 Å². The van der Waals surface area contributed by atoms with Crippen LogP contribution in [0.3, 0.4) is 0 Å². The first-order valence-corrected chi connectivity index (χ1v) is 8.15. The van der Waals surface area contributed by atoms with Gasteiger partial charge in [0.2, 0.25) is 5.09 Å².